The normalized spacial score (nSPS) is 12.0. The second-order valence-electron chi connectivity index (χ2n) is 5.77. The van der Waals surface area contributed by atoms with Crippen LogP contribution >= 0.6 is 23.4 Å². The van der Waals surface area contributed by atoms with E-state index in [-0.39, 0.29) is 5.91 Å². The van der Waals surface area contributed by atoms with Crippen LogP contribution in [0.5, 0.6) is 0 Å². The van der Waals surface area contributed by atoms with E-state index in [1.54, 1.807) is 23.7 Å². The van der Waals surface area contributed by atoms with Gasteiger partial charge in [0.2, 0.25) is 11.1 Å². The number of thioether (sulfide) groups is 1. The number of rotatable bonds is 5. The maximum absolute atomic E-state index is 12.4. The highest BCUT2D eigenvalue weighted by Crippen LogP contribution is 2.25. The molecule has 2 heterocycles. The number of anilines is 1. The third-order valence-corrected chi connectivity index (χ3v) is 4.91. The number of amides is 1. The van der Waals surface area contributed by atoms with Gasteiger partial charge in [-0.2, -0.15) is 4.68 Å². The highest BCUT2D eigenvalue weighted by molar-refractivity contribution is 8.00. The number of hydrogen-bond acceptors (Lipinski definition) is 6. The van der Waals surface area contributed by atoms with Gasteiger partial charge in [-0.05, 0) is 55.0 Å². The first-order valence-corrected chi connectivity index (χ1v) is 9.15. The van der Waals surface area contributed by atoms with Crippen molar-refractivity contribution in [1.82, 2.24) is 25.2 Å². The number of nitrogens with one attached hydrogen (secondary N) is 1. The van der Waals surface area contributed by atoms with E-state index in [1.165, 1.54) is 18.0 Å². The van der Waals surface area contributed by atoms with Crippen molar-refractivity contribution in [3.8, 4) is 5.69 Å². The minimum Gasteiger partial charge on any atom is -0.310 e. The maximum Gasteiger partial charge on any atom is 0.238 e. The summed E-state index contributed by atoms with van der Waals surface area (Å²) in [6.45, 7) is 5.82. The predicted octanol–water partition coefficient (Wildman–Crippen LogP) is 3.45. The lowest BCUT2D eigenvalue weighted by Crippen LogP contribution is -2.23. The number of carbonyl (C=O) groups excluding carboxylic acids is 1. The molecule has 0 aliphatic carbocycles. The van der Waals surface area contributed by atoms with E-state index in [0.717, 1.165) is 16.8 Å². The summed E-state index contributed by atoms with van der Waals surface area (Å²) in [5, 5.41) is 15.3. The van der Waals surface area contributed by atoms with Crippen molar-refractivity contribution in [3.63, 3.8) is 0 Å². The molecule has 0 radical (unpaired) electrons. The third kappa shape index (κ3) is 4.20. The summed E-state index contributed by atoms with van der Waals surface area (Å²) >= 11 is 7.08. The molecule has 0 aliphatic heterocycles. The molecular weight excluding hydrogens is 372 g/mol. The molecule has 0 aliphatic rings. The predicted molar refractivity (Wildman–Crippen MR) is 102 cm³/mol. The molecule has 134 valence electrons. The highest BCUT2D eigenvalue weighted by Gasteiger charge is 2.20. The van der Waals surface area contributed by atoms with Crippen LogP contribution in [-0.2, 0) is 4.79 Å². The van der Waals surface area contributed by atoms with Crippen molar-refractivity contribution in [1.29, 1.82) is 0 Å². The Hall–Kier alpha value is -2.45. The van der Waals surface area contributed by atoms with Gasteiger partial charge in [0.1, 0.15) is 5.82 Å². The summed E-state index contributed by atoms with van der Waals surface area (Å²) in [6.07, 6.45) is 1.48. The second kappa shape index (κ2) is 7.84. The van der Waals surface area contributed by atoms with Crippen LogP contribution in [0.25, 0.3) is 5.69 Å². The lowest BCUT2D eigenvalue weighted by molar-refractivity contribution is -0.115. The van der Waals surface area contributed by atoms with E-state index in [1.807, 2.05) is 26.0 Å². The van der Waals surface area contributed by atoms with Gasteiger partial charge in [-0.1, -0.05) is 41.1 Å². The first-order chi connectivity index (χ1) is 12.4. The summed E-state index contributed by atoms with van der Waals surface area (Å²) in [5.74, 6) is 0.251. The van der Waals surface area contributed by atoms with Gasteiger partial charge >= 0.3 is 0 Å². The Balaban J connectivity index is 1.74. The van der Waals surface area contributed by atoms with Gasteiger partial charge in [0.15, 0.2) is 0 Å². The molecule has 0 unspecified atom stereocenters. The van der Waals surface area contributed by atoms with Gasteiger partial charge in [-0.3, -0.25) is 4.79 Å². The maximum atomic E-state index is 12.4. The Morgan fingerprint density at radius 1 is 1.27 bits per heavy atom. The quantitative estimate of drug-likeness (QED) is 0.674. The fourth-order valence-electron chi connectivity index (χ4n) is 2.34. The SMILES string of the molecule is Cc1ccc(-n2nnnc2S[C@@H](C)C(=O)Nc2ccc(Cl)cn2)c(C)c1. The van der Waals surface area contributed by atoms with Gasteiger partial charge in [0.05, 0.1) is 16.0 Å². The molecular formula is C17H17ClN6OS. The van der Waals surface area contributed by atoms with Crippen LogP contribution in [-0.4, -0.2) is 36.3 Å². The molecule has 0 bridgehead atoms. The van der Waals surface area contributed by atoms with Crippen LogP contribution in [0.3, 0.4) is 0 Å². The number of halogens is 1. The molecule has 3 aromatic rings. The van der Waals surface area contributed by atoms with Gasteiger partial charge in [-0.15, -0.1) is 5.10 Å². The summed E-state index contributed by atoms with van der Waals surface area (Å²) in [6, 6.07) is 9.35. The monoisotopic (exact) mass is 388 g/mol. The molecule has 2 aromatic heterocycles. The number of aryl methyl sites for hydroxylation is 2. The number of nitrogens with zero attached hydrogens (tertiary/aromatic N) is 5. The zero-order chi connectivity index (χ0) is 18.7. The van der Waals surface area contributed by atoms with E-state index in [0.29, 0.717) is 16.0 Å². The molecule has 1 amide bonds. The first kappa shape index (κ1) is 18.3. The number of aromatic nitrogens is 5. The zero-order valence-electron chi connectivity index (χ0n) is 14.5. The number of hydrogen-bond donors (Lipinski definition) is 1. The van der Waals surface area contributed by atoms with Crippen LogP contribution in [0.2, 0.25) is 5.02 Å². The molecule has 0 saturated heterocycles. The topological polar surface area (TPSA) is 85.6 Å². The van der Waals surface area contributed by atoms with Crippen molar-refractivity contribution in [3.05, 3.63) is 52.7 Å². The number of benzene rings is 1. The summed E-state index contributed by atoms with van der Waals surface area (Å²) in [7, 11) is 0. The number of carbonyl (C=O) groups is 1. The van der Waals surface area contributed by atoms with E-state index >= 15 is 0 Å². The van der Waals surface area contributed by atoms with E-state index in [2.05, 4.69) is 31.9 Å². The Bertz CT molecular complexity index is 927. The molecule has 1 aromatic carbocycles. The fourth-order valence-corrected chi connectivity index (χ4v) is 3.25. The molecule has 0 spiro atoms. The average Bonchev–Trinajstić information content (AvgIpc) is 3.04. The van der Waals surface area contributed by atoms with Crippen molar-refractivity contribution < 1.29 is 4.79 Å². The molecule has 7 nitrogen and oxygen atoms in total. The van der Waals surface area contributed by atoms with Crippen LogP contribution < -0.4 is 5.32 Å². The van der Waals surface area contributed by atoms with Gasteiger partial charge < -0.3 is 5.32 Å². The van der Waals surface area contributed by atoms with Crippen LogP contribution in [0, 0.1) is 13.8 Å². The molecule has 1 atom stereocenters. The van der Waals surface area contributed by atoms with Crippen LogP contribution in [0.4, 0.5) is 5.82 Å². The van der Waals surface area contributed by atoms with Crippen LogP contribution in [0.1, 0.15) is 18.1 Å². The summed E-state index contributed by atoms with van der Waals surface area (Å²) in [4.78, 5) is 16.5. The third-order valence-electron chi connectivity index (χ3n) is 3.65. The smallest absolute Gasteiger partial charge is 0.238 e. The molecule has 1 N–H and O–H groups in total. The second-order valence-corrected chi connectivity index (χ2v) is 7.52. The zero-order valence-corrected chi connectivity index (χ0v) is 16.0. The largest absolute Gasteiger partial charge is 0.310 e. The van der Waals surface area contributed by atoms with E-state index in [9.17, 15) is 4.79 Å². The first-order valence-electron chi connectivity index (χ1n) is 7.89. The molecule has 26 heavy (non-hydrogen) atoms. The summed E-state index contributed by atoms with van der Waals surface area (Å²) in [5.41, 5.74) is 3.11. The van der Waals surface area contributed by atoms with Crippen molar-refractivity contribution in [2.45, 2.75) is 31.2 Å². The van der Waals surface area contributed by atoms with Gasteiger partial charge in [0.25, 0.3) is 0 Å². The highest BCUT2D eigenvalue weighted by atomic mass is 35.5. The molecule has 0 fully saturated rings. The molecule has 9 heteroatoms. The fraction of sp³-hybridized carbons (Fsp3) is 0.235. The molecule has 0 saturated carbocycles. The van der Waals surface area contributed by atoms with Crippen molar-refractivity contribution >= 4 is 35.1 Å². The van der Waals surface area contributed by atoms with E-state index < -0.39 is 5.25 Å². The Kier molecular flexibility index (Phi) is 5.53. The minimum absolute atomic E-state index is 0.194. The standard InChI is InChI=1S/C17H17ClN6OS/c1-10-4-6-14(11(2)8-10)24-17(21-22-23-24)26-12(3)16(25)20-15-7-5-13(18)9-19-15/h4-9,12H,1-3H3,(H,19,20,25)/t12-/m0/s1. The number of pyridine rings is 1. The van der Waals surface area contributed by atoms with Crippen LogP contribution in [0.15, 0.2) is 41.7 Å². The summed E-state index contributed by atoms with van der Waals surface area (Å²) < 4.78 is 1.64. The van der Waals surface area contributed by atoms with Gasteiger partial charge in [-0.25, -0.2) is 4.98 Å². The number of tetrazole rings is 1. The Morgan fingerprint density at radius 2 is 2.08 bits per heavy atom. The Labute approximate surface area is 160 Å². The molecule has 3 rings (SSSR count). The van der Waals surface area contributed by atoms with Crippen molar-refractivity contribution in [2.24, 2.45) is 0 Å². The van der Waals surface area contributed by atoms with E-state index in [4.69, 9.17) is 11.6 Å². The van der Waals surface area contributed by atoms with Crippen molar-refractivity contribution in [2.75, 3.05) is 5.32 Å². The average molecular weight is 389 g/mol. The lowest BCUT2D eigenvalue weighted by atomic mass is 10.1. The minimum atomic E-state index is -0.414. The lowest BCUT2D eigenvalue weighted by Gasteiger charge is -2.12. The van der Waals surface area contributed by atoms with Gasteiger partial charge in [0, 0.05) is 6.20 Å². The Morgan fingerprint density at radius 3 is 2.77 bits per heavy atom.